The third kappa shape index (κ3) is 4.78. The molecule has 0 aliphatic carbocycles. The zero-order valence-electron chi connectivity index (χ0n) is 8.92. The van der Waals surface area contributed by atoms with E-state index in [2.05, 4.69) is 10.6 Å². The van der Waals surface area contributed by atoms with Crippen LogP contribution in [0.25, 0.3) is 0 Å². The van der Waals surface area contributed by atoms with Gasteiger partial charge in [0.2, 0.25) is 11.8 Å². The van der Waals surface area contributed by atoms with Gasteiger partial charge < -0.3 is 16.4 Å². The second kappa shape index (κ2) is 6.40. The van der Waals surface area contributed by atoms with Gasteiger partial charge in [0.15, 0.2) is 0 Å². The van der Waals surface area contributed by atoms with Gasteiger partial charge in [-0.2, -0.15) is 0 Å². The fourth-order valence-corrected chi connectivity index (χ4v) is 1.61. The predicted molar refractivity (Wildman–Crippen MR) is 57.1 cm³/mol. The summed E-state index contributed by atoms with van der Waals surface area (Å²) in [5.41, 5.74) is 5.35. The first-order chi connectivity index (χ1) is 7.22. The van der Waals surface area contributed by atoms with Crippen LogP contribution in [0.15, 0.2) is 0 Å². The molecule has 0 bridgehead atoms. The van der Waals surface area contributed by atoms with Gasteiger partial charge in [-0.1, -0.05) is 6.42 Å². The Morgan fingerprint density at radius 2 is 2.27 bits per heavy atom. The fraction of sp³-hybridized carbons (Fsp3) is 0.800. The summed E-state index contributed by atoms with van der Waals surface area (Å²) in [5.74, 6) is 0.0527. The number of nitrogens with two attached hydrogens (primary N) is 1. The standard InChI is InChI=1S/C10H19N3O2/c11-5-3-1-2-4-9(14)13-8-6-10(15)12-7-8/h8H,1-7,11H2,(H,12,15)(H,13,14). The van der Waals surface area contributed by atoms with Crippen LogP contribution in [-0.4, -0.2) is 30.9 Å². The van der Waals surface area contributed by atoms with Crippen LogP contribution in [0.5, 0.6) is 0 Å². The van der Waals surface area contributed by atoms with Gasteiger partial charge in [-0.3, -0.25) is 9.59 Å². The van der Waals surface area contributed by atoms with E-state index < -0.39 is 0 Å². The molecule has 2 amide bonds. The average Bonchev–Trinajstić information content (AvgIpc) is 2.59. The van der Waals surface area contributed by atoms with Gasteiger partial charge in [0.1, 0.15) is 0 Å². The molecule has 0 aromatic carbocycles. The quantitative estimate of drug-likeness (QED) is 0.520. The van der Waals surface area contributed by atoms with Crippen molar-refractivity contribution in [2.45, 2.75) is 38.1 Å². The summed E-state index contributed by atoms with van der Waals surface area (Å²) in [6, 6.07) is -0.0143. The molecule has 1 fully saturated rings. The number of hydrogen-bond acceptors (Lipinski definition) is 3. The lowest BCUT2D eigenvalue weighted by atomic mass is 10.1. The zero-order valence-corrected chi connectivity index (χ0v) is 8.92. The molecule has 1 aliphatic heterocycles. The third-order valence-corrected chi connectivity index (χ3v) is 2.45. The van der Waals surface area contributed by atoms with Crippen LogP contribution in [0, 0.1) is 0 Å². The molecular weight excluding hydrogens is 194 g/mol. The Labute approximate surface area is 89.8 Å². The van der Waals surface area contributed by atoms with Crippen molar-refractivity contribution < 1.29 is 9.59 Å². The van der Waals surface area contributed by atoms with Gasteiger partial charge >= 0.3 is 0 Å². The van der Waals surface area contributed by atoms with Crippen molar-refractivity contribution in [3.05, 3.63) is 0 Å². The van der Waals surface area contributed by atoms with Gasteiger partial charge in [0, 0.05) is 19.4 Å². The summed E-state index contributed by atoms with van der Waals surface area (Å²) in [6.07, 6.45) is 3.78. The second-order valence-corrected chi connectivity index (χ2v) is 3.87. The van der Waals surface area contributed by atoms with E-state index in [0.29, 0.717) is 25.9 Å². The maximum absolute atomic E-state index is 11.4. The smallest absolute Gasteiger partial charge is 0.222 e. The number of hydrogen-bond donors (Lipinski definition) is 3. The number of carbonyl (C=O) groups excluding carboxylic acids is 2. The molecule has 0 spiro atoms. The molecule has 5 nitrogen and oxygen atoms in total. The van der Waals surface area contributed by atoms with E-state index >= 15 is 0 Å². The first-order valence-electron chi connectivity index (χ1n) is 5.48. The molecule has 1 heterocycles. The minimum Gasteiger partial charge on any atom is -0.354 e. The highest BCUT2D eigenvalue weighted by Gasteiger charge is 2.22. The van der Waals surface area contributed by atoms with E-state index in [-0.39, 0.29) is 17.9 Å². The maximum Gasteiger partial charge on any atom is 0.222 e. The number of nitrogens with one attached hydrogen (secondary N) is 2. The molecule has 5 heteroatoms. The van der Waals surface area contributed by atoms with E-state index in [9.17, 15) is 9.59 Å². The van der Waals surface area contributed by atoms with Gasteiger partial charge in [-0.25, -0.2) is 0 Å². The van der Waals surface area contributed by atoms with Crippen LogP contribution < -0.4 is 16.4 Å². The fourth-order valence-electron chi connectivity index (χ4n) is 1.61. The Balaban J connectivity index is 2.05. The summed E-state index contributed by atoms with van der Waals surface area (Å²) in [4.78, 5) is 22.2. The molecule has 1 aliphatic rings. The Morgan fingerprint density at radius 1 is 1.47 bits per heavy atom. The number of rotatable bonds is 6. The second-order valence-electron chi connectivity index (χ2n) is 3.87. The lowest BCUT2D eigenvalue weighted by Gasteiger charge is -2.09. The molecular formula is C10H19N3O2. The van der Waals surface area contributed by atoms with E-state index in [4.69, 9.17) is 5.73 Å². The molecule has 15 heavy (non-hydrogen) atoms. The van der Waals surface area contributed by atoms with Gasteiger partial charge in [0.05, 0.1) is 6.04 Å². The van der Waals surface area contributed by atoms with E-state index in [0.717, 1.165) is 19.3 Å². The number of amides is 2. The van der Waals surface area contributed by atoms with Gasteiger partial charge in [-0.15, -0.1) is 0 Å². The summed E-state index contributed by atoms with van der Waals surface area (Å²) in [6.45, 7) is 1.25. The third-order valence-electron chi connectivity index (χ3n) is 2.45. The summed E-state index contributed by atoms with van der Waals surface area (Å²) < 4.78 is 0. The zero-order chi connectivity index (χ0) is 11.1. The molecule has 0 radical (unpaired) electrons. The first kappa shape index (κ1) is 12.0. The van der Waals surface area contributed by atoms with Gasteiger partial charge in [0.25, 0.3) is 0 Å². The lowest BCUT2D eigenvalue weighted by Crippen LogP contribution is -2.36. The Kier molecular flexibility index (Phi) is 5.10. The normalized spacial score (nSPS) is 20.1. The molecule has 0 aromatic rings. The summed E-state index contributed by atoms with van der Waals surface area (Å²) in [5, 5.41) is 5.51. The topological polar surface area (TPSA) is 84.2 Å². The van der Waals surface area contributed by atoms with Crippen molar-refractivity contribution in [1.82, 2.24) is 10.6 Å². The number of carbonyl (C=O) groups is 2. The molecule has 0 saturated carbocycles. The van der Waals surface area contributed by atoms with Crippen LogP contribution >= 0.6 is 0 Å². The Hall–Kier alpha value is -1.10. The highest BCUT2D eigenvalue weighted by atomic mass is 16.2. The Bertz CT molecular complexity index is 231. The maximum atomic E-state index is 11.4. The molecule has 1 unspecified atom stereocenters. The van der Waals surface area contributed by atoms with Crippen LogP contribution in [0.3, 0.4) is 0 Å². The van der Waals surface area contributed by atoms with Crippen molar-refractivity contribution in [2.24, 2.45) is 5.73 Å². The predicted octanol–water partition coefficient (Wildman–Crippen LogP) is -0.490. The monoisotopic (exact) mass is 213 g/mol. The minimum atomic E-state index is -0.0143. The number of unbranched alkanes of at least 4 members (excludes halogenated alkanes) is 2. The highest BCUT2D eigenvalue weighted by Crippen LogP contribution is 2.02. The molecule has 86 valence electrons. The van der Waals surface area contributed by atoms with Crippen LogP contribution in [0.4, 0.5) is 0 Å². The van der Waals surface area contributed by atoms with E-state index in [1.54, 1.807) is 0 Å². The summed E-state index contributed by atoms with van der Waals surface area (Å²) in [7, 11) is 0. The lowest BCUT2D eigenvalue weighted by molar-refractivity contribution is -0.121. The molecule has 1 rings (SSSR count). The van der Waals surface area contributed by atoms with Crippen LogP contribution in [0.2, 0.25) is 0 Å². The summed E-state index contributed by atoms with van der Waals surface area (Å²) >= 11 is 0. The van der Waals surface area contributed by atoms with Crippen LogP contribution in [0.1, 0.15) is 32.1 Å². The van der Waals surface area contributed by atoms with E-state index in [1.807, 2.05) is 0 Å². The van der Waals surface area contributed by atoms with Crippen molar-refractivity contribution in [3.8, 4) is 0 Å². The highest BCUT2D eigenvalue weighted by molar-refractivity contribution is 5.81. The van der Waals surface area contributed by atoms with Crippen molar-refractivity contribution in [1.29, 1.82) is 0 Å². The molecule has 4 N–H and O–H groups in total. The van der Waals surface area contributed by atoms with E-state index in [1.165, 1.54) is 0 Å². The molecule has 1 saturated heterocycles. The Morgan fingerprint density at radius 3 is 2.87 bits per heavy atom. The molecule has 0 aromatic heterocycles. The van der Waals surface area contributed by atoms with Crippen molar-refractivity contribution in [3.63, 3.8) is 0 Å². The van der Waals surface area contributed by atoms with Gasteiger partial charge in [-0.05, 0) is 19.4 Å². The van der Waals surface area contributed by atoms with Crippen LogP contribution in [-0.2, 0) is 9.59 Å². The van der Waals surface area contributed by atoms with Crippen molar-refractivity contribution in [2.75, 3.05) is 13.1 Å². The SMILES string of the molecule is NCCCCCC(=O)NC1CNC(=O)C1. The average molecular weight is 213 g/mol. The minimum absolute atomic E-state index is 0.0143. The van der Waals surface area contributed by atoms with Crippen molar-refractivity contribution >= 4 is 11.8 Å². The molecule has 1 atom stereocenters. The first-order valence-corrected chi connectivity index (χ1v) is 5.48. The largest absolute Gasteiger partial charge is 0.354 e.